The van der Waals surface area contributed by atoms with E-state index in [1.54, 1.807) is 14.0 Å². The van der Waals surface area contributed by atoms with Gasteiger partial charge in [0.15, 0.2) is 0 Å². The van der Waals surface area contributed by atoms with Crippen molar-refractivity contribution >= 4 is 12.0 Å². The highest BCUT2D eigenvalue weighted by Gasteiger charge is 2.34. The lowest BCUT2D eigenvalue weighted by atomic mass is 9.94. The van der Waals surface area contributed by atoms with Gasteiger partial charge in [-0.15, -0.1) is 6.58 Å². The lowest BCUT2D eigenvalue weighted by molar-refractivity contribution is -0.139. The summed E-state index contributed by atoms with van der Waals surface area (Å²) in [6, 6.07) is 6.40. The second-order valence-electron chi connectivity index (χ2n) is 7.28. The first kappa shape index (κ1) is 21.9. The van der Waals surface area contributed by atoms with Crippen LogP contribution < -0.4 is 15.4 Å². The van der Waals surface area contributed by atoms with Crippen molar-refractivity contribution < 1.29 is 19.1 Å². The van der Waals surface area contributed by atoms with E-state index < -0.39 is 12.0 Å². The van der Waals surface area contributed by atoms with Crippen molar-refractivity contribution in [2.75, 3.05) is 53.0 Å². The van der Waals surface area contributed by atoms with E-state index in [0.29, 0.717) is 23.6 Å². The van der Waals surface area contributed by atoms with E-state index in [2.05, 4.69) is 27.0 Å². The highest BCUT2D eigenvalue weighted by Crippen LogP contribution is 2.29. The molecule has 2 aliphatic heterocycles. The minimum atomic E-state index is -0.583. The van der Waals surface area contributed by atoms with E-state index in [1.165, 1.54) is 0 Å². The molecule has 2 heterocycles. The summed E-state index contributed by atoms with van der Waals surface area (Å²) in [5, 5.41) is 5.71. The van der Waals surface area contributed by atoms with Crippen molar-refractivity contribution in [1.82, 2.24) is 20.4 Å². The van der Waals surface area contributed by atoms with Gasteiger partial charge in [0.05, 0.1) is 25.3 Å². The van der Waals surface area contributed by atoms with E-state index in [1.807, 2.05) is 30.3 Å². The molecule has 162 valence electrons. The Bertz CT molecular complexity index is 798. The van der Waals surface area contributed by atoms with Crippen LogP contribution in [0.2, 0.25) is 0 Å². The molecule has 1 atom stereocenters. The summed E-state index contributed by atoms with van der Waals surface area (Å²) >= 11 is 0. The molecular weight excluding hydrogens is 384 g/mol. The normalized spacial score (nSPS) is 20.3. The number of benzene rings is 1. The van der Waals surface area contributed by atoms with Crippen molar-refractivity contribution in [2.45, 2.75) is 13.0 Å². The summed E-state index contributed by atoms with van der Waals surface area (Å²) in [7, 11) is 1.60. The largest absolute Gasteiger partial charge is 0.497 e. The second kappa shape index (κ2) is 10.3. The number of hydrogen-bond donors (Lipinski definition) is 2. The Kier molecular flexibility index (Phi) is 7.48. The number of nitrogens with one attached hydrogen (secondary N) is 2. The maximum Gasteiger partial charge on any atom is 0.338 e. The first-order valence-electron chi connectivity index (χ1n) is 10.2. The minimum absolute atomic E-state index is 0.263. The van der Waals surface area contributed by atoms with Crippen molar-refractivity contribution in [3.63, 3.8) is 0 Å². The van der Waals surface area contributed by atoms with E-state index in [0.717, 1.165) is 38.3 Å². The third-order valence-electron chi connectivity index (χ3n) is 5.33. The fraction of sp³-hybridized carbons (Fsp3) is 0.455. The number of esters is 1. The van der Waals surface area contributed by atoms with Crippen LogP contribution in [0.4, 0.5) is 4.79 Å². The van der Waals surface area contributed by atoms with Gasteiger partial charge >= 0.3 is 12.0 Å². The molecule has 2 N–H and O–H groups in total. The molecule has 0 aromatic heterocycles. The van der Waals surface area contributed by atoms with E-state index in [-0.39, 0.29) is 12.6 Å². The van der Waals surface area contributed by atoms with Gasteiger partial charge in [-0.1, -0.05) is 18.2 Å². The predicted molar refractivity (Wildman–Crippen MR) is 114 cm³/mol. The number of hydrogen-bond acceptors (Lipinski definition) is 6. The smallest absolute Gasteiger partial charge is 0.338 e. The van der Waals surface area contributed by atoms with Crippen LogP contribution in [0.25, 0.3) is 0 Å². The zero-order valence-corrected chi connectivity index (χ0v) is 17.6. The molecule has 3 rings (SSSR count). The highest BCUT2D eigenvalue weighted by atomic mass is 16.5. The molecule has 30 heavy (non-hydrogen) atoms. The SMILES string of the molecule is C=CCN1CCN(CC2=C(C(=O)OCC)[C@@H](c3ccc(OC)cc3)NC(=O)N2)CC1. The Labute approximate surface area is 177 Å². The maximum absolute atomic E-state index is 12.9. The second-order valence-corrected chi connectivity index (χ2v) is 7.28. The minimum Gasteiger partial charge on any atom is -0.497 e. The Balaban J connectivity index is 1.87. The van der Waals surface area contributed by atoms with Crippen molar-refractivity contribution in [3.05, 3.63) is 53.8 Å². The molecule has 8 nitrogen and oxygen atoms in total. The molecule has 0 unspecified atom stereocenters. The number of nitrogens with zero attached hydrogens (tertiary/aromatic N) is 2. The average molecular weight is 415 g/mol. The Morgan fingerprint density at radius 1 is 1.20 bits per heavy atom. The van der Waals surface area contributed by atoms with Gasteiger partial charge in [-0.2, -0.15) is 0 Å². The molecule has 0 saturated carbocycles. The summed E-state index contributed by atoms with van der Waals surface area (Å²) in [5.41, 5.74) is 1.83. The molecule has 2 aliphatic rings. The Morgan fingerprint density at radius 2 is 1.87 bits per heavy atom. The average Bonchev–Trinajstić information content (AvgIpc) is 2.75. The molecule has 0 radical (unpaired) electrons. The van der Waals surface area contributed by atoms with Crippen LogP contribution in [0.1, 0.15) is 18.5 Å². The topological polar surface area (TPSA) is 83.1 Å². The van der Waals surface area contributed by atoms with E-state index >= 15 is 0 Å². The number of methoxy groups -OCH3 is 1. The third-order valence-corrected chi connectivity index (χ3v) is 5.33. The molecular formula is C22H30N4O4. The number of carbonyl (C=O) groups is 2. The van der Waals surface area contributed by atoms with Crippen LogP contribution >= 0.6 is 0 Å². The summed E-state index contributed by atoms with van der Waals surface area (Å²) < 4.78 is 10.5. The summed E-state index contributed by atoms with van der Waals surface area (Å²) in [6.45, 7) is 10.7. The Morgan fingerprint density at radius 3 is 2.47 bits per heavy atom. The van der Waals surface area contributed by atoms with Crippen LogP contribution in [-0.4, -0.2) is 74.8 Å². The van der Waals surface area contributed by atoms with Gasteiger partial charge in [0.1, 0.15) is 5.75 Å². The number of carbonyl (C=O) groups excluding carboxylic acids is 2. The molecule has 0 spiro atoms. The molecule has 1 fully saturated rings. The number of urea groups is 1. The molecule has 8 heteroatoms. The molecule has 1 aromatic carbocycles. The van der Waals surface area contributed by atoms with E-state index in [9.17, 15) is 9.59 Å². The van der Waals surface area contributed by atoms with E-state index in [4.69, 9.17) is 9.47 Å². The predicted octanol–water partition coefficient (Wildman–Crippen LogP) is 1.67. The van der Waals surface area contributed by atoms with Gasteiger partial charge in [-0.25, -0.2) is 9.59 Å². The first-order chi connectivity index (χ1) is 14.5. The zero-order chi connectivity index (χ0) is 21.5. The van der Waals surface area contributed by atoms with Gasteiger partial charge in [-0.3, -0.25) is 9.80 Å². The molecule has 2 amide bonds. The van der Waals surface area contributed by atoms with Crippen molar-refractivity contribution in [3.8, 4) is 5.75 Å². The lowest BCUT2D eigenvalue weighted by Crippen LogP contribution is -2.51. The summed E-state index contributed by atoms with van der Waals surface area (Å²) in [6.07, 6.45) is 1.91. The molecule has 0 bridgehead atoms. The quantitative estimate of drug-likeness (QED) is 0.497. The molecule has 1 saturated heterocycles. The lowest BCUT2D eigenvalue weighted by Gasteiger charge is -2.36. The zero-order valence-electron chi connectivity index (χ0n) is 17.6. The highest BCUT2D eigenvalue weighted by molar-refractivity contribution is 5.95. The van der Waals surface area contributed by atoms with Gasteiger partial charge in [-0.05, 0) is 24.6 Å². The van der Waals surface area contributed by atoms with Gasteiger partial charge in [0.2, 0.25) is 0 Å². The van der Waals surface area contributed by atoms with Crippen molar-refractivity contribution in [1.29, 1.82) is 0 Å². The maximum atomic E-state index is 12.9. The number of piperazine rings is 1. The molecule has 1 aromatic rings. The van der Waals surface area contributed by atoms with Crippen LogP contribution in [-0.2, 0) is 9.53 Å². The number of ether oxygens (including phenoxy) is 2. The monoisotopic (exact) mass is 414 g/mol. The first-order valence-corrected chi connectivity index (χ1v) is 10.2. The van der Waals surface area contributed by atoms with Gasteiger partial charge < -0.3 is 20.1 Å². The fourth-order valence-electron chi connectivity index (χ4n) is 3.78. The van der Waals surface area contributed by atoms with Crippen LogP contribution in [0.5, 0.6) is 5.75 Å². The van der Waals surface area contributed by atoms with Crippen LogP contribution in [0, 0.1) is 0 Å². The van der Waals surface area contributed by atoms with Crippen LogP contribution in [0.3, 0.4) is 0 Å². The van der Waals surface area contributed by atoms with Crippen molar-refractivity contribution in [2.24, 2.45) is 0 Å². The van der Waals surface area contributed by atoms with Gasteiger partial charge in [0, 0.05) is 45.0 Å². The molecule has 0 aliphatic carbocycles. The standard InChI is InChI=1S/C22H30N4O4/c1-4-10-25-11-13-26(14-12-25)15-18-19(21(27)30-5-2)20(24-22(28)23-18)16-6-8-17(29-3)9-7-16/h4,6-9,20H,1,5,10-15H2,2-3H3,(H2,23,24,28)/t20-/m1/s1. The number of rotatable bonds is 8. The van der Waals surface area contributed by atoms with Gasteiger partial charge in [0.25, 0.3) is 0 Å². The summed E-state index contributed by atoms with van der Waals surface area (Å²) in [5.74, 6) is 0.282. The van der Waals surface area contributed by atoms with Crippen LogP contribution in [0.15, 0.2) is 48.2 Å². The third kappa shape index (κ3) is 5.20. The number of amides is 2. The fourth-order valence-corrected chi connectivity index (χ4v) is 3.78. The summed E-state index contributed by atoms with van der Waals surface area (Å²) in [4.78, 5) is 29.8. The Hall–Kier alpha value is -2.84.